The summed E-state index contributed by atoms with van der Waals surface area (Å²) in [4.78, 5) is 29.9. The number of ether oxygens (including phenoxy) is 1. The molecule has 4 rings (SSSR count). The van der Waals surface area contributed by atoms with E-state index >= 15 is 0 Å². The maximum Gasteiger partial charge on any atom is 0.253 e. The largest absolute Gasteiger partial charge is 0.490 e. The van der Waals surface area contributed by atoms with Crippen molar-refractivity contribution in [2.75, 3.05) is 26.2 Å². The van der Waals surface area contributed by atoms with E-state index in [-0.39, 0.29) is 23.8 Å². The van der Waals surface area contributed by atoms with Gasteiger partial charge in [0.2, 0.25) is 5.91 Å². The molecule has 0 N–H and O–H groups in total. The van der Waals surface area contributed by atoms with E-state index in [0.717, 1.165) is 63.1 Å². The minimum atomic E-state index is -0.0430. The Morgan fingerprint density at radius 1 is 1.00 bits per heavy atom. The van der Waals surface area contributed by atoms with Crippen molar-refractivity contribution in [3.8, 4) is 5.75 Å². The molecule has 2 fully saturated rings. The number of hydrogen-bond acceptors (Lipinski definition) is 3. The van der Waals surface area contributed by atoms with Crippen LogP contribution in [-0.4, -0.2) is 53.9 Å². The maximum absolute atomic E-state index is 13.0. The van der Waals surface area contributed by atoms with Crippen LogP contribution in [0.4, 0.5) is 0 Å². The first-order chi connectivity index (χ1) is 13.1. The highest BCUT2D eigenvalue weighted by atomic mass is 16.5. The van der Waals surface area contributed by atoms with Gasteiger partial charge in [0.15, 0.2) is 0 Å². The van der Waals surface area contributed by atoms with Gasteiger partial charge in [-0.05, 0) is 56.4 Å². The van der Waals surface area contributed by atoms with E-state index < -0.39 is 0 Å². The Morgan fingerprint density at radius 2 is 1.74 bits per heavy atom. The second-order valence-corrected chi connectivity index (χ2v) is 8.28. The van der Waals surface area contributed by atoms with Gasteiger partial charge < -0.3 is 14.5 Å². The molecule has 27 heavy (non-hydrogen) atoms. The van der Waals surface area contributed by atoms with Gasteiger partial charge >= 0.3 is 0 Å². The van der Waals surface area contributed by atoms with E-state index in [0.29, 0.717) is 12.1 Å². The summed E-state index contributed by atoms with van der Waals surface area (Å²) < 4.78 is 5.74. The number of nitrogens with zero attached hydrogens (tertiary/aromatic N) is 2. The van der Waals surface area contributed by atoms with Gasteiger partial charge in [-0.1, -0.05) is 12.8 Å². The van der Waals surface area contributed by atoms with Crippen molar-refractivity contribution >= 4 is 11.8 Å². The highest BCUT2D eigenvalue weighted by Gasteiger charge is 2.32. The molecule has 0 radical (unpaired) electrons. The van der Waals surface area contributed by atoms with Crippen LogP contribution in [0.1, 0.15) is 61.4 Å². The molecule has 5 heteroatoms. The molecule has 3 aliphatic rings. The lowest BCUT2D eigenvalue weighted by molar-refractivity contribution is -0.136. The molecule has 1 aromatic carbocycles. The SMILES string of the molecule is CC1Cc2cc(C(=O)N3CCCC(C(=O)N4CCCCCC4)C3)ccc2O1. The van der Waals surface area contributed by atoms with Crippen LogP contribution >= 0.6 is 0 Å². The molecular weight excluding hydrogens is 340 g/mol. The van der Waals surface area contributed by atoms with Crippen molar-refractivity contribution in [2.45, 2.75) is 58.0 Å². The third kappa shape index (κ3) is 3.97. The van der Waals surface area contributed by atoms with Crippen molar-refractivity contribution in [3.05, 3.63) is 29.3 Å². The minimum Gasteiger partial charge on any atom is -0.490 e. The van der Waals surface area contributed by atoms with Crippen LogP contribution in [-0.2, 0) is 11.2 Å². The van der Waals surface area contributed by atoms with Gasteiger partial charge in [0.05, 0.1) is 5.92 Å². The van der Waals surface area contributed by atoms with E-state index in [1.165, 1.54) is 12.8 Å². The smallest absolute Gasteiger partial charge is 0.253 e. The second kappa shape index (κ2) is 7.91. The molecule has 2 atom stereocenters. The molecular formula is C22H30N2O3. The molecule has 0 aliphatic carbocycles. The molecule has 0 saturated carbocycles. The average Bonchev–Trinajstić information content (AvgIpc) is 2.88. The van der Waals surface area contributed by atoms with Crippen LogP contribution in [0, 0.1) is 5.92 Å². The van der Waals surface area contributed by atoms with Gasteiger partial charge in [0, 0.05) is 38.2 Å². The lowest BCUT2D eigenvalue weighted by Crippen LogP contribution is -2.47. The van der Waals surface area contributed by atoms with Gasteiger partial charge in [-0.15, -0.1) is 0 Å². The van der Waals surface area contributed by atoms with E-state index in [1.54, 1.807) is 0 Å². The predicted octanol–water partition coefficient (Wildman–Crippen LogP) is 3.26. The molecule has 3 heterocycles. The Hall–Kier alpha value is -2.04. The molecule has 0 spiro atoms. The first-order valence-electron chi connectivity index (χ1n) is 10.5. The first-order valence-corrected chi connectivity index (χ1v) is 10.5. The topological polar surface area (TPSA) is 49.9 Å². The van der Waals surface area contributed by atoms with Gasteiger partial charge in [-0.2, -0.15) is 0 Å². The molecule has 0 aromatic heterocycles. The third-order valence-electron chi connectivity index (χ3n) is 6.12. The van der Waals surface area contributed by atoms with Gasteiger partial charge in [0.25, 0.3) is 5.91 Å². The van der Waals surface area contributed by atoms with Crippen molar-refractivity contribution in [1.82, 2.24) is 9.80 Å². The standard InChI is InChI=1S/C22H30N2O3/c1-16-13-19-14-17(8-9-20(19)27-16)21(25)24-12-6-7-18(15-24)22(26)23-10-4-2-3-5-11-23/h8-9,14,16,18H,2-7,10-13,15H2,1H3. The molecule has 2 saturated heterocycles. The summed E-state index contributed by atoms with van der Waals surface area (Å²) in [5.41, 5.74) is 1.83. The Bertz CT molecular complexity index is 710. The number of carbonyl (C=O) groups excluding carboxylic acids is 2. The zero-order valence-electron chi connectivity index (χ0n) is 16.3. The fourth-order valence-corrected chi connectivity index (χ4v) is 4.65. The van der Waals surface area contributed by atoms with E-state index in [4.69, 9.17) is 4.74 Å². The van der Waals surface area contributed by atoms with Crippen molar-refractivity contribution in [2.24, 2.45) is 5.92 Å². The van der Waals surface area contributed by atoms with Crippen LogP contribution in [0.5, 0.6) is 5.75 Å². The minimum absolute atomic E-state index is 0.0430. The monoisotopic (exact) mass is 370 g/mol. The van der Waals surface area contributed by atoms with Gasteiger partial charge in [0.1, 0.15) is 11.9 Å². The molecule has 2 unspecified atom stereocenters. The Balaban J connectivity index is 1.42. The van der Waals surface area contributed by atoms with E-state index in [1.807, 2.05) is 34.9 Å². The summed E-state index contributed by atoms with van der Waals surface area (Å²) in [6.45, 7) is 5.11. The number of piperidine rings is 1. The van der Waals surface area contributed by atoms with Crippen molar-refractivity contribution < 1.29 is 14.3 Å². The number of carbonyl (C=O) groups is 2. The Kier molecular flexibility index (Phi) is 5.37. The highest BCUT2D eigenvalue weighted by Crippen LogP contribution is 2.30. The van der Waals surface area contributed by atoms with E-state index in [2.05, 4.69) is 0 Å². The molecule has 0 bridgehead atoms. The van der Waals surface area contributed by atoms with Crippen molar-refractivity contribution in [1.29, 1.82) is 0 Å². The zero-order chi connectivity index (χ0) is 18.8. The predicted molar refractivity (Wildman–Crippen MR) is 104 cm³/mol. The average molecular weight is 370 g/mol. The number of amides is 2. The summed E-state index contributed by atoms with van der Waals surface area (Å²) in [6.07, 6.45) is 7.49. The summed E-state index contributed by atoms with van der Waals surface area (Å²) in [7, 11) is 0. The summed E-state index contributed by atoms with van der Waals surface area (Å²) in [5, 5.41) is 0. The fourth-order valence-electron chi connectivity index (χ4n) is 4.65. The number of rotatable bonds is 2. The van der Waals surface area contributed by atoms with Crippen LogP contribution in [0.15, 0.2) is 18.2 Å². The second-order valence-electron chi connectivity index (χ2n) is 8.28. The van der Waals surface area contributed by atoms with Crippen molar-refractivity contribution in [3.63, 3.8) is 0 Å². The molecule has 146 valence electrons. The van der Waals surface area contributed by atoms with Gasteiger partial charge in [-0.25, -0.2) is 0 Å². The molecule has 2 amide bonds. The maximum atomic E-state index is 13.0. The van der Waals surface area contributed by atoms with Gasteiger partial charge in [-0.3, -0.25) is 9.59 Å². The first kappa shape index (κ1) is 18.3. The lowest BCUT2D eigenvalue weighted by atomic mass is 9.95. The Labute approximate surface area is 161 Å². The zero-order valence-corrected chi connectivity index (χ0v) is 16.3. The third-order valence-corrected chi connectivity index (χ3v) is 6.12. The molecule has 1 aromatic rings. The van der Waals surface area contributed by atoms with Crippen LogP contribution < -0.4 is 4.74 Å². The fraction of sp³-hybridized carbons (Fsp3) is 0.636. The summed E-state index contributed by atoms with van der Waals surface area (Å²) in [5.74, 6) is 1.15. The van der Waals surface area contributed by atoms with Crippen LogP contribution in [0.2, 0.25) is 0 Å². The number of likely N-dealkylation sites (tertiary alicyclic amines) is 2. The molecule has 5 nitrogen and oxygen atoms in total. The molecule has 3 aliphatic heterocycles. The number of hydrogen-bond donors (Lipinski definition) is 0. The quantitative estimate of drug-likeness (QED) is 0.803. The Morgan fingerprint density at radius 3 is 2.52 bits per heavy atom. The lowest BCUT2D eigenvalue weighted by Gasteiger charge is -2.35. The van der Waals surface area contributed by atoms with Crippen LogP contribution in [0.25, 0.3) is 0 Å². The highest BCUT2D eigenvalue weighted by molar-refractivity contribution is 5.95. The van der Waals surface area contributed by atoms with E-state index in [9.17, 15) is 9.59 Å². The summed E-state index contributed by atoms with van der Waals surface area (Å²) in [6, 6.07) is 5.75. The van der Waals surface area contributed by atoms with Crippen LogP contribution in [0.3, 0.4) is 0 Å². The normalized spacial score (nSPS) is 25.5. The number of fused-ring (bicyclic) bond motifs is 1. The number of benzene rings is 1. The summed E-state index contributed by atoms with van der Waals surface area (Å²) >= 11 is 0.